The van der Waals surface area contributed by atoms with E-state index in [4.69, 9.17) is 4.74 Å². The molecular weight excluding hydrogens is 230 g/mol. The fourth-order valence-corrected chi connectivity index (χ4v) is 2.33. The van der Waals surface area contributed by atoms with Gasteiger partial charge in [0.1, 0.15) is 0 Å². The number of carbonyl (C=O) groups is 1. The third-order valence-corrected chi connectivity index (χ3v) is 3.25. The van der Waals surface area contributed by atoms with Crippen LogP contribution in [0.1, 0.15) is 30.6 Å². The molecule has 1 aromatic rings. The summed E-state index contributed by atoms with van der Waals surface area (Å²) in [5.74, 6) is 0.0602. The minimum atomic E-state index is -0.0794. The van der Waals surface area contributed by atoms with Crippen LogP contribution in [-0.2, 0) is 11.3 Å². The number of ether oxygens (including phenoxy) is 1. The second kappa shape index (κ2) is 6.11. The lowest BCUT2D eigenvalue weighted by Crippen LogP contribution is -2.39. The molecule has 2 unspecified atom stereocenters. The van der Waals surface area contributed by atoms with Crippen LogP contribution in [0.15, 0.2) is 12.4 Å². The van der Waals surface area contributed by atoms with Gasteiger partial charge in [0, 0.05) is 18.8 Å². The van der Waals surface area contributed by atoms with Gasteiger partial charge in [-0.3, -0.25) is 9.48 Å². The first-order valence-corrected chi connectivity index (χ1v) is 6.64. The van der Waals surface area contributed by atoms with Crippen LogP contribution in [-0.4, -0.2) is 41.4 Å². The zero-order valence-electron chi connectivity index (χ0n) is 11.1. The highest BCUT2D eigenvalue weighted by atomic mass is 16.5. The molecular formula is C13H21N3O2. The fraction of sp³-hybridized carbons (Fsp3) is 0.692. The lowest BCUT2D eigenvalue weighted by molar-refractivity contribution is 0.0891. The molecule has 1 N–H and O–H groups in total. The van der Waals surface area contributed by atoms with Gasteiger partial charge in [-0.2, -0.15) is 5.10 Å². The van der Waals surface area contributed by atoms with E-state index in [1.165, 1.54) is 0 Å². The maximum Gasteiger partial charge on any atom is 0.173 e. The van der Waals surface area contributed by atoms with Crippen molar-refractivity contribution < 1.29 is 9.53 Å². The van der Waals surface area contributed by atoms with Crippen LogP contribution >= 0.6 is 0 Å². The van der Waals surface area contributed by atoms with Crippen LogP contribution in [0.3, 0.4) is 0 Å². The van der Waals surface area contributed by atoms with E-state index in [2.05, 4.69) is 17.3 Å². The summed E-state index contributed by atoms with van der Waals surface area (Å²) in [6, 6.07) is 0.136. The summed E-state index contributed by atoms with van der Waals surface area (Å²) in [6.07, 6.45) is 4.52. The maximum absolute atomic E-state index is 12.4. The summed E-state index contributed by atoms with van der Waals surface area (Å²) in [4.78, 5) is 12.4. The van der Waals surface area contributed by atoms with E-state index in [9.17, 15) is 4.79 Å². The number of Topliss-reactive ketones (excluding diaryl/α,β-unsaturated/α-hetero) is 1. The van der Waals surface area contributed by atoms with E-state index in [1.54, 1.807) is 6.20 Å². The first-order chi connectivity index (χ1) is 8.76. The Morgan fingerprint density at radius 3 is 3.11 bits per heavy atom. The second-order valence-electron chi connectivity index (χ2n) is 4.66. The largest absolute Gasteiger partial charge is 0.379 e. The van der Waals surface area contributed by atoms with Crippen molar-refractivity contribution in [3.8, 4) is 0 Å². The van der Waals surface area contributed by atoms with Crippen molar-refractivity contribution in [1.82, 2.24) is 15.1 Å². The minimum Gasteiger partial charge on any atom is -0.379 e. The Kier molecular flexibility index (Phi) is 4.49. The summed E-state index contributed by atoms with van der Waals surface area (Å²) in [7, 11) is 0. The molecule has 0 spiro atoms. The number of hydrogen-bond acceptors (Lipinski definition) is 4. The van der Waals surface area contributed by atoms with Gasteiger partial charge in [0.15, 0.2) is 5.78 Å². The molecule has 1 aliphatic heterocycles. The molecule has 5 nitrogen and oxygen atoms in total. The number of likely N-dealkylation sites (N-methyl/N-ethyl adjacent to an activating group) is 1. The molecule has 0 amide bonds. The minimum absolute atomic E-state index is 0.0794. The average molecular weight is 251 g/mol. The monoisotopic (exact) mass is 251 g/mol. The number of hydrogen-bond donors (Lipinski definition) is 1. The fourth-order valence-electron chi connectivity index (χ4n) is 2.33. The number of aryl methyl sites for hydroxylation is 1. The summed E-state index contributed by atoms with van der Waals surface area (Å²) in [5.41, 5.74) is 0.696. The quantitative estimate of drug-likeness (QED) is 0.769. The van der Waals surface area contributed by atoms with Crippen LogP contribution in [0, 0.1) is 5.92 Å². The smallest absolute Gasteiger partial charge is 0.173 e. The predicted octanol–water partition coefficient (Wildman–Crippen LogP) is 1.10. The summed E-state index contributed by atoms with van der Waals surface area (Å²) in [6.45, 7) is 6.97. The van der Waals surface area contributed by atoms with Crippen molar-refractivity contribution in [3.05, 3.63) is 18.0 Å². The summed E-state index contributed by atoms with van der Waals surface area (Å²) in [5, 5.41) is 7.51. The molecule has 2 atom stereocenters. The molecule has 2 heterocycles. The summed E-state index contributed by atoms with van der Waals surface area (Å²) < 4.78 is 7.23. The number of ketones is 1. The highest BCUT2D eigenvalue weighted by Crippen LogP contribution is 2.19. The summed E-state index contributed by atoms with van der Waals surface area (Å²) >= 11 is 0. The maximum atomic E-state index is 12.4. The first-order valence-electron chi connectivity index (χ1n) is 6.64. The van der Waals surface area contributed by atoms with Gasteiger partial charge >= 0.3 is 0 Å². The predicted molar refractivity (Wildman–Crippen MR) is 68.6 cm³/mol. The molecule has 0 aliphatic carbocycles. The third-order valence-electron chi connectivity index (χ3n) is 3.25. The number of aromatic nitrogens is 2. The standard InChI is InChI=1S/C13H21N3O2/c1-3-5-16-7-10(6-15-16)13(17)11-8-18-9-12(11)14-4-2/h6-7,11-12,14H,3-5,8-9H2,1-2H3. The number of nitrogens with zero attached hydrogens (tertiary/aromatic N) is 2. The second-order valence-corrected chi connectivity index (χ2v) is 4.66. The van der Waals surface area contributed by atoms with Crippen molar-refractivity contribution in [1.29, 1.82) is 0 Å². The van der Waals surface area contributed by atoms with Gasteiger partial charge in [-0.05, 0) is 13.0 Å². The van der Waals surface area contributed by atoms with Gasteiger partial charge in [0.2, 0.25) is 0 Å². The molecule has 0 bridgehead atoms. The van der Waals surface area contributed by atoms with Gasteiger partial charge in [0.05, 0.1) is 30.9 Å². The molecule has 1 fully saturated rings. The van der Waals surface area contributed by atoms with Crippen LogP contribution in [0.25, 0.3) is 0 Å². The Hall–Kier alpha value is -1.20. The SMILES string of the molecule is CCCn1cc(C(=O)C2COCC2NCC)cn1. The third kappa shape index (κ3) is 2.79. The first kappa shape index (κ1) is 13.2. The van der Waals surface area contributed by atoms with Gasteiger partial charge in [-0.15, -0.1) is 0 Å². The lowest BCUT2D eigenvalue weighted by Gasteiger charge is -2.16. The van der Waals surface area contributed by atoms with E-state index < -0.39 is 0 Å². The molecule has 0 saturated carbocycles. The van der Waals surface area contributed by atoms with Crippen LogP contribution in [0.4, 0.5) is 0 Å². The van der Waals surface area contributed by atoms with E-state index in [1.807, 2.05) is 17.8 Å². The Labute approximate surface area is 108 Å². The molecule has 1 aromatic heterocycles. The molecule has 5 heteroatoms. The van der Waals surface area contributed by atoms with Crippen molar-refractivity contribution >= 4 is 5.78 Å². The topological polar surface area (TPSA) is 56.1 Å². The van der Waals surface area contributed by atoms with Gasteiger partial charge in [0.25, 0.3) is 0 Å². The Morgan fingerprint density at radius 2 is 2.39 bits per heavy atom. The van der Waals surface area contributed by atoms with Crippen molar-refractivity contribution in [2.24, 2.45) is 5.92 Å². The molecule has 100 valence electrons. The lowest BCUT2D eigenvalue weighted by atomic mass is 9.95. The highest BCUT2D eigenvalue weighted by Gasteiger charge is 2.34. The number of nitrogens with one attached hydrogen (secondary N) is 1. The van der Waals surface area contributed by atoms with E-state index in [-0.39, 0.29) is 17.7 Å². The van der Waals surface area contributed by atoms with Crippen molar-refractivity contribution in [3.63, 3.8) is 0 Å². The molecule has 18 heavy (non-hydrogen) atoms. The van der Waals surface area contributed by atoms with Gasteiger partial charge in [-0.25, -0.2) is 0 Å². The molecule has 1 saturated heterocycles. The number of carbonyl (C=O) groups excluding carboxylic acids is 1. The molecule has 0 radical (unpaired) electrons. The van der Waals surface area contributed by atoms with Gasteiger partial charge in [-0.1, -0.05) is 13.8 Å². The van der Waals surface area contributed by atoms with E-state index >= 15 is 0 Å². The Balaban J connectivity index is 2.05. The normalized spacial score (nSPS) is 23.4. The van der Waals surface area contributed by atoms with E-state index in [0.717, 1.165) is 19.5 Å². The Morgan fingerprint density at radius 1 is 1.56 bits per heavy atom. The zero-order chi connectivity index (χ0) is 13.0. The Bertz CT molecular complexity index is 403. The van der Waals surface area contributed by atoms with E-state index in [0.29, 0.717) is 18.8 Å². The average Bonchev–Trinajstić information content (AvgIpc) is 2.98. The van der Waals surface area contributed by atoms with Crippen LogP contribution in [0.5, 0.6) is 0 Å². The number of rotatable bonds is 6. The van der Waals surface area contributed by atoms with Gasteiger partial charge < -0.3 is 10.1 Å². The van der Waals surface area contributed by atoms with Crippen molar-refractivity contribution in [2.45, 2.75) is 32.9 Å². The highest BCUT2D eigenvalue weighted by molar-refractivity contribution is 5.98. The van der Waals surface area contributed by atoms with Crippen molar-refractivity contribution in [2.75, 3.05) is 19.8 Å². The van der Waals surface area contributed by atoms with Crippen LogP contribution < -0.4 is 5.32 Å². The molecule has 2 rings (SSSR count). The molecule has 0 aromatic carbocycles. The zero-order valence-corrected chi connectivity index (χ0v) is 11.1. The molecule has 1 aliphatic rings. The van der Waals surface area contributed by atoms with Crippen LogP contribution in [0.2, 0.25) is 0 Å².